The van der Waals surface area contributed by atoms with E-state index in [9.17, 15) is 9.90 Å². The molecule has 2 rings (SSSR count). The molecule has 0 spiro atoms. The highest BCUT2D eigenvalue weighted by atomic mass is 16.4. The molecule has 2 nitrogen and oxygen atoms in total. The fourth-order valence-electron chi connectivity index (χ4n) is 3.16. The Morgan fingerprint density at radius 2 is 1.76 bits per heavy atom. The van der Waals surface area contributed by atoms with Crippen molar-refractivity contribution < 1.29 is 9.90 Å². The van der Waals surface area contributed by atoms with Crippen LogP contribution in [0.15, 0.2) is 30.3 Å². The molecule has 2 heteroatoms. The lowest BCUT2D eigenvalue weighted by atomic mass is 9.62. The van der Waals surface area contributed by atoms with Crippen LogP contribution in [-0.4, -0.2) is 11.1 Å². The van der Waals surface area contributed by atoms with E-state index in [2.05, 4.69) is 12.1 Å². The van der Waals surface area contributed by atoms with Gasteiger partial charge in [-0.2, -0.15) is 0 Å². The Morgan fingerprint density at radius 1 is 1.18 bits per heavy atom. The molecule has 0 saturated heterocycles. The van der Waals surface area contributed by atoms with Crippen molar-refractivity contribution in [2.75, 3.05) is 0 Å². The van der Waals surface area contributed by atoms with Gasteiger partial charge in [-0.05, 0) is 18.4 Å². The molecular weight excluding hydrogens is 212 g/mol. The summed E-state index contributed by atoms with van der Waals surface area (Å²) in [5, 5.41) is 9.36. The van der Waals surface area contributed by atoms with E-state index in [4.69, 9.17) is 0 Å². The summed E-state index contributed by atoms with van der Waals surface area (Å²) < 4.78 is 0. The Kier molecular flexibility index (Phi) is 3.51. The van der Waals surface area contributed by atoms with Crippen LogP contribution in [0.5, 0.6) is 0 Å². The third-order valence-corrected chi connectivity index (χ3v) is 4.29. The summed E-state index contributed by atoms with van der Waals surface area (Å²) in [4.78, 5) is 11.4. The molecule has 1 aliphatic carbocycles. The van der Waals surface area contributed by atoms with E-state index in [0.717, 1.165) is 25.7 Å². The van der Waals surface area contributed by atoms with Gasteiger partial charge in [0, 0.05) is 5.41 Å². The molecule has 1 aromatic rings. The highest BCUT2D eigenvalue weighted by Gasteiger charge is 2.42. The summed E-state index contributed by atoms with van der Waals surface area (Å²) >= 11 is 0. The maximum atomic E-state index is 11.4. The maximum absolute atomic E-state index is 11.4. The largest absolute Gasteiger partial charge is 0.481 e. The molecule has 1 N–H and O–H groups in total. The molecule has 0 radical (unpaired) electrons. The first kappa shape index (κ1) is 12.2. The van der Waals surface area contributed by atoms with Gasteiger partial charge in [-0.25, -0.2) is 0 Å². The fraction of sp³-hybridized carbons (Fsp3) is 0.533. The second-order valence-electron chi connectivity index (χ2n) is 5.14. The average Bonchev–Trinajstić information content (AvgIpc) is 2.39. The van der Waals surface area contributed by atoms with E-state index in [0.29, 0.717) is 0 Å². The third-order valence-electron chi connectivity index (χ3n) is 4.29. The van der Waals surface area contributed by atoms with Crippen molar-refractivity contribution in [3.63, 3.8) is 0 Å². The Bertz CT molecular complexity index is 377. The van der Waals surface area contributed by atoms with Gasteiger partial charge in [0.15, 0.2) is 0 Å². The summed E-state index contributed by atoms with van der Waals surface area (Å²) in [6.07, 6.45) is 5.54. The van der Waals surface area contributed by atoms with Crippen molar-refractivity contribution in [2.45, 2.75) is 44.4 Å². The number of rotatable bonds is 3. The zero-order valence-corrected chi connectivity index (χ0v) is 10.4. The normalized spacial score (nSPS) is 20.8. The van der Waals surface area contributed by atoms with Crippen LogP contribution in [0.3, 0.4) is 0 Å². The van der Waals surface area contributed by atoms with Crippen LogP contribution in [-0.2, 0) is 10.2 Å². The topological polar surface area (TPSA) is 37.3 Å². The molecule has 0 aliphatic heterocycles. The van der Waals surface area contributed by atoms with Crippen molar-refractivity contribution in [1.82, 2.24) is 0 Å². The van der Waals surface area contributed by atoms with Crippen LogP contribution < -0.4 is 0 Å². The van der Waals surface area contributed by atoms with E-state index in [1.807, 2.05) is 25.1 Å². The van der Waals surface area contributed by atoms with Crippen LogP contribution in [0, 0.1) is 5.92 Å². The molecule has 0 aromatic heterocycles. The van der Waals surface area contributed by atoms with Crippen LogP contribution >= 0.6 is 0 Å². The first-order valence-corrected chi connectivity index (χ1v) is 6.45. The smallest absolute Gasteiger partial charge is 0.307 e. The lowest BCUT2D eigenvalue weighted by molar-refractivity contribution is -0.144. The van der Waals surface area contributed by atoms with Gasteiger partial charge in [-0.3, -0.25) is 4.79 Å². The Labute approximate surface area is 103 Å². The predicted octanol–water partition coefficient (Wildman–Crippen LogP) is 3.61. The molecular formula is C15H20O2. The van der Waals surface area contributed by atoms with Crippen LogP contribution in [0.1, 0.15) is 44.6 Å². The second kappa shape index (κ2) is 4.91. The first-order valence-electron chi connectivity index (χ1n) is 6.45. The number of carboxylic acid groups (broad SMARTS) is 1. The van der Waals surface area contributed by atoms with Crippen molar-refractivity contribution in [3.8, 4) is 0 Å². The van der Waals surface area contributed by atoms with E-state index >= 15 is 0 Å². The van der Waals surface area contributed by atoms with E-state index in [-0.39, 0.29) is 11.3 Å². The number of carboxylic acids is 1. The summed E-state index contributed by atoms with van der Waals surface area (Å²) in [7, 11) is 0. The fourth-order valence-corrected chi connectivity index (χ4v) is 3.16. The average molecular weight is 232 g/mol. The first-order chi connectivity index (χ1) is 8.17. The minimum atomic E-state index is -0.671. The van der Waals surface area contributed by atoms with Crippen LogP contribution in [0.4, 0.5) is 0 Å². The van der Waals surface area contributed by atoms with Crippen LogP contribution in [0.25, 0.3) is 0 Å². The van der Waals surface area contributed by atoms with Crippen molar-refractivity contribution in [1.29, 1.82) is 0 Å². The SMILES string of the molecule is CC(C(=O)O)C1(c2ccccc2)CCCCC1. The third kappa shape index (κ3) is 2.21. The highest BCUT2D eigenvalue weighted by Crippen LogP contribution is 2.45. The summed E-state index contributed by atoms with van der Waals surface area (Å²) in [5.41, 5.74) is 1.06. The lowest BCUT2D eigenvalue weighted by Crippen LogP contribution is -2.40. The molecule has 1 fully saturated rings. The van der Waals surface area contributed by atoms with Gasteiger partial charge < -0.3 is 5.11 Å². The standard InChI is InChI=1S/C15H20O2/c1-12(14(16)17)15(10-6-3-7-11-15)13-8-4-2-5-9-13/h2,4-5,8-9,12H,3,6-7,10-11H2,1H3,(H,16,17). The lowest BCUT2D eigenvalue weighted by Gasteiger charge is -2.41. The van der Waals surface area contributed by atoms with Gasteiger partial charge in [0.1, 0.15) is 0 Å². The summed E-state index contributed by atoms with van der Waals surface area (Å²) in [6, 6.07) is 10.2. The van der Waals surface area contributed by atoms with Gasteiger partial charge in [-0.15, -0.1) is 0 Å². The zero-order chi connectivity index (χ0) is 12.3. The minimum absolute atomic E-state index is 0.147. The number of carbonyl (C=O) groups is 1. The van der Waals surface area contributed by atoms with Gasteiger partial charge in [0.05, 0.1) is 5.92 Å². The quantitative estimate of drug-likeness (QED) is 0.864. The maximum Gasteiger partial charge on any atom is 0.307 e. The van der Waals surface area contributed by atoms with E-state index < -0.39 is 5.97 Å². The van der Waals surface area contributed by atoms with Gasteiger partial charge >= 0.3 is 5.97 Å². The molecule has 1 atom stereocenters. The van der Waals surface area contributed by atoms with Crippen molar-refractivity contribution in [2.24, 2.45) is 5.92 Å². The highest BCUT2D eigenvalue weighted by molar-refractivity contribution is 5.72. The van der Waals surface area contributed by atoms with Gasteiger partial charge in [0.25, 0.3) is 0 Å². The number of aliphatic carboxylic acids is 1. The summed E-state index contributed by atoms with van der Waals surface area (Å²) in [6.45, 7) is 1.86. The molecule has 1 unspecified atom stereocenters. The molecule has 17 heavy (non-hydrogen) atoms. The van der Waals surface area contributed by atoms with Gasteiger partial charge in [0.2, 0.25) is 0 Å². The van der Waals surface area contributed by atoms with Gasteiger partial charge in [-0.1, -0.05) is 56.5 Å². The van der Waals surface area contributed by atoms with E-state index in [1.54, 1.807) is 0 Å². The molecule has 0 amide bonds. The van der Waals surface area contributed by atoms with Crippen molar-refractivity contribution in [3.05, 3.63) is 35.9 Å². The number of hydrogen-bond acceptors (Lipinski definition) is 1. The Morgan fingerprint density at radius 3 is 2.29 bits per heavy atom. The monoisotopic (exact) mass is 232 g/mol. The predicted molar refractivity (Wildman–Crippen MR) is 68.0 cm³/mol. The molecule has 0 bridgehead atoms. The summed E-state index contributed by atoms with van der Waals surface area (Å²) in [5.74, 6) is -0.971. The molecule has 1 aromatic carbocycles. The van der Waals surface area contributed by atoms with Crippen LogP contribution in [0.2, 0.25) is 0 Å². The minimum Gasteiger partial charge on any atom is -0.481 e. The second-order valence-corrected chi connectivity index (χ2v) is 5.14. The molecule has 1 saturated carbocycles. The Balaban J connectivity index is 2.39. The Hall–Kier alpha value is -1.31. The molecule has 0 heterocycles. The number of benzene rings is 1. The van der Waals surface area contributed by atoms with Crippen molar-refractivity contribution >= 4 is 5.97 Å². The molecule has 92 valence electrons. The molecule has 1 aliphatic rings. The zero-order valence-electron chi connectivity index (χ0n) is 10.4. The number of hydrogen-bond donors (Lipinski definition) is 1. The van der Waals surface area contributed by atoms with E-state index in [1.165, 1.54) is 12.0 Å².